The van der Waals surface area contributed by atoms with Crippen molar-refractivity contribution in [2.24, 2.45) is 0 Å². The van der Waals surface area contributed by atoms with E-state index in [1.165, 1.54) is 24.3 Å². The molecule has 0 amide bonds. The highest BCUT2D eigenvalue weighted by molar-refractivity contribution is 9.10. The third kappa shape index (κ3) is 3.32. The number of halogens is 2. The van der Waals surface area contributed by atoms with Crippen molar-refractivity contribution in [2.75, 3.05) is 10.5 Å². The molecule has 0 spiro atoms. The van der Waals surface area contributed by atoms with E-state index in [4.69, 9.17) is 11.0 Å². The van der Waals surface area contributed by atoms with Gasteiger partial charge in [0.2, 0.25) is 0 Å². The molecular weight excluding hydrogens is 361 g/mol. The average molecular weight is 370 g/mol. The van der Waals surface area contributed by atoms with Crippen molar-refractivity contribution in [2.45, 2.75) is 4.90 Å². The summed E-state index contributed by atoms with van der Waals surface area (Å²) in [6.07, 6.45) is 0. The molecule has 108 valence electrons. The molecule has 0 aromatic heterocycles. The fraction of sp³-hybridized carbons (Fsp3) is 0. The van der Waals surface area contributed by atoms with Crippen molar-refractivity contribution in [3.05, 3.63) is 52.3 Å². The van der Waals surface area contributed by atoms with Crippen LogP contribution in [-0.2, 0) is 10.0 Å². The van der Waals surface area contributed by atoms with Gasteiger partial charge in [0.15, 0.2) is 0 Å². The van der Waals surface area contributed by atoms with E-state index in [9.17, 15) is 12.8 Å². The van der Waals surface area contributed by atoms with Crippen molar-refractivity contribution in [3.63, 3.8) is 0 Å². The molecule has 0 aliphatic rings. The summed E-state index contributed by atoms with van der Waals surface area (Å²) in [5.41, 5.74) is 6.17. The Kier molecular flexibility index (Phi) is 4.16. The van der Waals surface area contributed by atoms with Gasteiger partial charge in [-0.15, -0.1) is 0 Å². The van der Waals surface area contributed by atoms with Crippen LogP contribution in [0.4, 0.5) is 15.8 Å². The summed E-state index contributed by atoms with van der Waals surface area (Å²) in [4.78, 5) is -0.543. The number of nitrogens with two attached hydrogens (primary N) is 1. The second kappa shape index (κ2) is 5.71. The molecule has 2 aromatic rings. The van der Waals surface area contributed by atoms with Crippen molar-refractivity contribution < 1.29 is 12.8 Å². The van der Waals surface area contributed by atoms with E-state index in [0.29, 0.717) is 10.0 Å². The monoisotopic (exact) mass is 369 g/mol. The second-order valence-electron chi connectivity index (χ2n) is 4.10. The maximum atomic E-state index is 13.7. The number of nitrogen functional groups attached to an aromatic ring is 1. The Morgan fingerprint density at radius 3 is 2.57 bits per heavy atom. The molecule has 0 saturated carbocycles. The first kappa shape index (κ1) is 15.3. The SMILES string of the molecule is N#Cc1ccc(NS(=O)(=O)c2cc(N)ccc2F)c(Br)c1. The third-order valence-electron chi connectivity index (χ3n) is 2.59. The van der Waals surface area contributed by atoms with Crippen LogP contribution >= 0.6 is 15.9 Å². The van der Waals surface area contributed by atoms with Gasteiger partial charge in [-0.3, -0.25) is 4.72 Å². The Bertz CT molecular complexity index is 847. The minimum atomic E-state index is -4.13. The number of nitrogens with zero attached hydrogens (tertiary/aromatic N) is 1. The fourth-order valence-corrected chi connectivity index (χ4v) is 3.40. The Balaban J connectivity index is 2.43. The number of anilines is 2. The lowest BCUT2D eigenvalue weighted by Gasteiger charge is -2.11. The van der Waals surface area contributed by atoms with Gasteiger partial charge in [0.05, 0.1) is 17.3 Å². The Hall–Kier alpha value is -2.11. The third-order valence-corrected chi connectivity index (χ3v) is 4.62. The first-order valence-corrected chi connectivity index (χ1v) is 7.88. The number of hydrogen-bond acceptors (Lipinski definition) is 4. The molecule has 0 aliphatic carbocycles. The predicted octanol–water partition coefficient (Wildman–Crippen LogP) is 2.84. The number of hydrogen-bond donors (Lipinski definition) is 2. The predicted molar refractivity (Wildman–Crippen MR) is 80.5 cm³/mol. The smallest absolute Gasteiger partial charge is 0.264 e. The maximum Gasteiger partial charge on any atom is 0.264 e. The number of nitriles is 1. The first-order chi connectivity index (χ1) is 9.83. The van der Waals surface area contributed by atoms with Crippen molar-refractivity contribution in [3.8, 4) is 6.07 Å². The topological polar surface area (TPSA) is 96.0 Å². The highest BCUT2D eigenvalue weighted by atomic mass is 79.9. The summed E-state index contributed by atoms with van der Waals surface area (Å²) in [6, 6.07) is 9.51. The van der Waals surface area contributed by atoms with Gasteiger partial charge in [-0.1, -0.05) is 0 Å². The molecule has 3 N–H and O–H groups in total. The molecule has 0 heterocycles. The van der Waals surface area contributed by atoms with Crippen LogP contribution in [0.2, 0.25) is 0 Å². The van der Waals surface area contributed by atoms with Crippen LogP contribution < -0.4 is 10.5 Å². The summed E-state index contributed by atoms with van der Waals surface area (Å²) in [7, 11) is -4.13. The van der Waals surface area contributed by atoms with Gasteiger partial charge in [0.1, 0.15) is 10.7 Å². The molecule has 0 bridgehead atoms. The van der Waals surface area contributed by atoms with Crippen LogP contribution in [0, 0.1) is 17.1 Å². The van der Waals surface area contributed by atoms with Gasteiger partial charge < -0.3 is 5.73 Å². The quantitative estimate of drug-likeness (QED) is 0.812. The van der Waals surface area contributed by atoms with Gasteiger partial charge in [-0.25, -0.2) is 12.8 Å². The van der Waals surface area contributed by atoms with E-state index in [2.05, 4.69) is 20.7 Å². The minimum Gasteiger partial charge on any atom is -0.399 e. The molecule has 0 atom stereocenters. The number of benzene rings is 2. The van der Waals surface area contributed by atoms with Crippen LogP contribution in [0.25, 0.3) is 0 Å². The number of nitrogens with one attached hydrogen (secondary N) is 1. The minimum absolute atomic E-state index is 0.135. The summed E-state index contributed by atoms with van der Waals surface area (Å²) >= 11 is 3.15. The Labute approximate surface area is 129 Å². The summed E-state index contributed by atoms with van der Waals surface area (Å²) < 4.78 is 40.6. The van der Waals surface area contributed by atoms with E-state index in [1.807, 2.05) is 6.07 Å². The van der Waals surface area contributed by atoms with Crippen molar-refractivity contribution in [1.29, 1.82) is 5.26 Å². The molecule has 0 fully saturated rings. The van der Waals surface area contributed by atoms with Crippen molar-refractivity contribution in [1.82, 2.24) is 0 Å². The van der Waals surface area contributed by atoms with Gasteiger partial charge in [0, 0.05) is 10.2 Å². The van der Waals surface area contributed by atoms with Crippen LogP contribution in [0.15, 0.2) is 45.8 Å². The molecular formula is C13H9BrFN3O2S. The van der Waals surface area contributed by atoms with E-state index in [-0.39, 0.29) is 11.4 Å². The molecule has 8 heteroatoms. The van der Waals surface area contributed by atoms with Gasteiger partial charge in [0.25, 0.3) is 10.0 Å². The number of sulfonamides is 1. The summed E-state index contributed by atoms with van der Waals surface area (Å²) in [5, 5.41) is 8.76. The van der Waals surface area contributed by atoms with E-state index in [0.717, 1.165) is 12.1 Å². The zero-order chi connectivity index (χ0) is 15.6. The first-order valence-electron chi connectivity index (χ1n) is 5.61. The van der Waals surface area contributed by atoms with E-state index in [1.54, 1.807) is 0 Å². The lowest BCUT2D eigenvalue weighted by atomic mass is 10.2. The highest BCUT2D eigenvalue weighted by Crippen LogP contribution is 2.27. The lowest BCUT2D eigenvalue weighted by molar-refractivity contribution is 0.570. The molecule has 0 aliphatic heterocycles. The standard InChI is InChI=1S/C13H9BrFN3O2S/c14-10-5-8(7-16)1-4-12(10)18-21(19,20)13-6-9(17)2-3-11(13)15/h1-6,18H,17H2. The fourth-order valence-electron chi connectivity index (χ4n) is 1.59. The largest absolute Gasteiger partial charge is 0.399 e. The van der Waals surface area contributed by atoms with Gasteiger partial charge >= 0.3 is 0 Å². The van der Waals surface area contributed by atoms with Gasteiger partial charge in [-0.05, 0) is 52.3 Å². The molecule has 2 rings (SSSR count). The van der Waals surface area contributed by atoms with Crippen LogP contribution in [0.5, 0.6) is 0 Å². The van der Waals surface area contributed by atoms with E-state index >= 15 is 0 Å². The molecule has 0 unspecified atom stereocenters. The van der Waals surface area contributed by atoms with Crippen LogP contribution in [-0.4, -0.2) is 8.42 Å². The molecule has 2 aromatic carbocycles. The van der Waals surface area contributed by atoms with Gasteiger partial charge in [-0.2, -0.15) is 5.26 Å². The number of rotatable bonds is 3. The van der Waals surface area contributed by atoms with Crippen LogP contribution in [0.3, 0.4) is 0 Å². The Morgan fingerprint density at radius 2 is 1.95 bits per heavy atom. The second-order valence-corrected chi connectivity index (χ2v) is 6.61. The van der Waals surface area contributed by atoms with E-state index < -0.39 is 20.7 Å². The Morgan fingerprint density at radius 1 is 1.24 bits per heavy atom. The summed E-state index contributed by atoms with van der Waals surface area (Å²) in [5.74, 6) is -0.901. The van der Waals surface area contributed by atoms with Crippen molar-refractivity contribution >= 4 is 37.3 Å². The molecule has 5 nitrogen and oxygen atoms in total. The highest BCUT2D eigenvalue weighted by Gasteiger charge is 2.20. The maximum absolute atomic E-state index is 13.7. The normalized spacial score (nSPS) is 10.9. The summed E-state index contributed by atoms with van der Waals surface area (Å²) in [6.45, 7) is 0. The lowest BCUT2D eigenvalue weighted by Crippen LogP contribution is -2.15. The molecule has 21 heavy (non-hydrogen) atoms. The average Bonchev–Trinajstić information content (AvgIpc) is 2.43. The zero-order valence-electron chi connectivity index (χ0n) is 10.5. The zero-order valence-corrected chi connectivity index (χ0v) is 12.9. The molecule has 0 radical (unpaired) electrons. The van der Waals surface area contributed by atoms with Crippen LogP contribution in [0.1, 0.15) is 5.56 Å². The molecule has 0 saturated heterocycles.